The standard InChI is InChI=1S/C40H46F2N10O5/c41-28-20-24(4-6-30-35(36(43)54)46-47-40(44-30)51-12-2-1-3-13-51)5-7-31(28)49-14-10-25(11-15-49)23-48-16-18-50(19-17-48)33-22-27-26(21-29(33)42)38(56)52(39(27)57)32-8-9-34(53)45-37(32)55/h5,7,20-22,25,32H,1-4,6,8-19,23H2,(H2,43,54)(H,45,53,55). The van der Waals surface area contributed by atoms with Crippen LogP contribution in [0.3, 0.4) is 0 Å². The third kappa shape index (κ3) is 7.89. The highest BCUT2D eigenvalue weighted by Gasteiger charge is 2.45. The first-order valence-electron chi connectivity index (χ1n) is 19.9. The number of rotatable bonds is 10. The fourth-order valence-electron chi connectivity index (χ4n) is 8.78. The first-order valence-corrected chi connectivity index (χ1v) is 19.9. The van der Waals surface area contributed by atoms with Gasteiger partial charge in [0.05, 0.1) is 28.2 Å². The second-order valence-corrected chi connectivity index (χ2v) is 15.6. The van der Waals surface area contributed by atoms with E-state index in [1.165, 1.54) is 6.07 Å². The maximum atomic E-state index is 15.5. The number of amides is 5. The number of anilines is 3. The Balaban J connectivity index is 0.821. The number of nitrogens with one attached hydrogen (secondary N) is 1. The van der Waals surface area contributed by atoms with Gasteiger partial charge in [0, 0.05) is 65.3 Å². The molecule has 0 spiro atoms. The number of imide groups is 2. The lowest BCUT2D eigenvalue weighted by atomic mass is 9.95. The number of hydrogen-bond acceptors (Lipinski definition) is 12. The molecule has 4 fully saturated rings. The molecule has 1 atom stereocenters. The number of halogens is 2. The number of piperazine rings is 1. The molecule has 0 bridgehead atoms. The van der Waals surface area contributed by atoms with Crippen LogP contribution in [0.5, 0.6) is 0 Å². The van der Waals surface area contributed by atoms with Crippen LogP contribution in [0.15, 0.2) is 30.3 Å². The monoisotopic (exact) mass is 784 g/mol. The van der Waals surface area contributed by atoms with Crippen molar-refractivity contribution in [3.8, 4) is 0 Å². The molecule has 8 rings (SSSR count). The summed E-state index contributed by atoms with van der Waals surface area (Å²) in [6.07, 6.45) is 5.94. The molecule has 1 aromatic heterocycles. The molecule has 0 radical (unpaired) electrons. The van der Waals surface area contributed by atoms with Gasteiger partial charge in [-0.25, -0.2) is 13.8 Å². The number of fused-ring (bicyclic) bond motifs is 1. The minimum atomic E-state index is -1.11. The van der Waals surface area contributed by atoms with E-state index in [1.54, 1.807) is 6.07 Å². The van der Waals surface area contributed by atoms with Gasteiger partial charge in [0.25, 0.3) is 17.7 Å². The Kier molecular flexibility index (Phi) is 10.8. The SMILES string of the molecule is NC(=O)c1nnc(N2CCCCC2)nc1CCc1ccc(N2CCC(CN3CCN(c4cc5c(cc4F)C(=O)N(C4CCC(=O)NC4=O)C5=O)CC3)CC2)c(F)c1. The number of aryl methyl sites for hydroxylation is 2. The molecule has 5 aliphatic rings. The van der Waals surface area contributed by atoms with Crippen molar-refractivity contribution >= 4 is 46.9 Å². The van der Waals surface area contributed by atoms with Gasteiger partial charge < -0.3 is 20.4 Å². The van der Waals surface area contributed by atoms with E-state index in [2.05, 4.69) is 35.2 Å². The van der Waals surface area contributed by atoms with E-state index in [0.29, 0.717) is 62.3 Å². The lowest BCUT2D eigenvalue weighted by Gasteiger charge is -2.40. The van der Waals surface area contributed by atoms with E-state index in [9.17, 15) is 24.0 Å². The zero-order valence-corrected chi connectivity index (χ0v) is 31.7. The quantitative estimate of drug-likeness (QED) is 0.288. The summed E-state index contributed by atoms with van der Waals surface area (Å²) in [6, 6.07) is 6.67. The number of primary amides is 1. The van der Waals surface area contributed by atoms with E-state index >= 15 is 8.78 Å². The topological polar surface area (TPSA) is 178 Å². The Morgan fingerprint density at radius 1 is 0.754 bits per heavy atom. The number of carbonyl (C=O) groups excluding carboxylic acids is 5. The van der Waals surface area contributed by atoms with Gasteiger partial charge >= 0.3 is 0 Å². The molecule has 0 aliphatic carbocycles. The van der Waals surface area contributed by atoms with Crippen LogP contribution in [0.4, 0.5) is 26.1 Å². The predicted octanol–water partition coefficient (Wildman–Crippen LogP) is 2.46. The smallest absolute Gasteiger partial charge is 0.271 e. The molecular weight excluding hydrogens is 739 g/mol. The number of benzene rings is 2. The maximum Gasteiger partial charge on any atom is 0.271 e. The summed E-state index contributed by atoms with van der Waals surface area (Å²) < 4.78 is 31.0. The average Bonchev–Trinajstić information content (AvgIpc) is 3.45. The lowest BCUT2D eigenvalue weighted by molar-refractivity contribution is -0.136. The van der Waals surface area contributed by atoms with Crippen LogP contribution in [0, 0.1) is 17.6 Å². The summed E-state index contributed by atoms with van der Waals surface area (Å²) in [5.74, 6) is -3.24. The summed E-state index contributed by atoms with van der Waals surface area (Å²) in [5, 5.41) is 10.4. The van der Waals surface area contributed by atoms with Gasteiger partial charge in [0.2, 0.25) is 17.8 Å². The van der Waals surface area contributed by atoms with Gasteiger partial charge in [-0.3, -0.25) is 39.1 Å². The van der Waals surface area contributed by atoms with Gasteiger partial charge in [-0.15, -0.1) is 10.2 Å². The van der Waals surface area contributed by atoms with Crippen molar-refractivity contribution in [2.45, 2.75) is 63.8 Å². The third-order valence-corrected chi connectivity index (χ3v) is 12.0. The molecular formula is C40H46F2N10O5. The highest BCUT2D eigenvalue weighted by atomic mass is 19.1. The van der Waals surface area contributed by atoms with E-state index in [0.717, 1.165) is 81.4 Å². The summed E-state index contributed by atoms with van der Waals surface area (Å²) in [4.78, 5) is 76.3. The summed E-state index contributed by atoms with van der Waals surface area (Å²) in [6.45, 7) is 6.42. The molecule has 3 N–H and O–H groups in total. The minimum absolute atomic E-state index is 0.00755. The van der Waals surface area contributed by atoms with Crippen LogP contribution >= 0.6 is 0 Å². The molecule has 3 aromatic rings. The Bertz CT molecular complexity index is 2100. The third-order valence-electron chi connectivity index (χ3n) is 12.0. The predicted molar refractivity (Wildman–Crippen MR) is 205 cm³/mol. The second-order valence-electron chi connectivity index (χ2n) is 15.6. The largest absolute Gasteiger partial charge is 0.369 e. The van der Waals surface area contributed by atoms with Crippen molar-refractivity contribution in [2.24, 2.45) is 11.7 Å². The molecule has 5 amide bonds. The number of hydrogen-bond donors (Lipinski definition) is 2. The van der Waals surface area contributed by atoms with Crippen molar-refractivity contribution in [3.05, 3.63) is 70.0 Å². The molecule has 6 heterocycles. The van der Waals surface area contributed by atoms with Crippen molar-refractivity contribution in [2.75, 3.05) is 73.6 Å². The number of piperidine rings is 3. The number of aromatic nitrogens is 3. The Labute approximate surface area is 328 Å². The van der Waals surface area contributed by atoms with Crippen LogP contribution in [0.2, 0.25) is 0 Å². The van der Waals surface area contributed by atoms with Crippen molar-refractivity contribution in [1.29, 1.82) is 0 Å². The summed E-state index contributed by atoms with van der Waals surface area (Å²) in [5.41, 5.74) is 7.65. The molecule has 4 saturated heterocycles. The molecule has 57 heavy (non-hydrogen) atoms. The van der Waals surface area contributed by atoms with Crippen LogP contribution in [0.25, 0.3) is 0 Å². The van der Waals surface area contributed by atoms with Crippen molar-refractivity contribution in [1.82, 2.24) is 30.3 Å². The highest BCUT2D eigenvalue weighted by Crippen LogP contribution is 2.34. The molecule has 300 valence electrons. The van der Waals surface area contributed by atoms with Gasteiger partial charge in [-0.1, -0.05) is 6.07 Å². The van der Waals surface area contributed by atoms with Gasteiger partial charge in [-0.2, -0.15) is 0 Å². The minimum Gasteiger partial charge on any atom is -0.369 e. The fraction of sp³-hybridized carbons (Fsp3) is 0.500. The first kappa shape index (κ1) is 38.3. The van der Waals surface area contributed by atoms with Crippen molar-refractivity contribution in [3.63, 3.8) is 0 Å². The van der Waals surface area contributed by atoms with Crippen LogP contribution < -0.4 is 25.8 Å². The van der Waals surface area contributed by atoms with Gasteiger partial charge in [-0.05, 0) is 87.1 Å². The zero-order valence-electron chi connectivity index (χ0n) is 31.7. The maximum absolute atomic E-state index is 15.5. The lowest BCUT2D eigenvalue weighted by Crippen LogP contribution is -2.54. The molecule has 1 unspecified atom stereocenters. The van der Waals surface area contributed by atoms with E-state index in [-0.39, 0.29) is 41.2 Å². The summed E-state index contributed by atoms with van der Waals surface area (Å²) >= 11 is 0. The van der Waals surface area contributed by atoms with Crippen molar-refractivity contribution < 1.29 is 32.8 Å². The first-order chi connectivity index (χ1) is 27.5. The Morgan fingerprint density at radius 2 is 1.44 bits per heavy atom. The number of nitrogens with two attached hydrogens (primary N) is 1. The second kappa shape index (κ2) is 16.1. The van der Waals surface area contributed by atoms with E-state index in [4.69, 9.17) is 5.73 Å². The molecule has 15 nitrogen and oxygen atoms in total. The highest BCUT2D eigenvalue weighted by molar-refractivity contribution is 6.23. The molecule has 5 aliphatic heterocycles. The number of carbonyl (C=O) groups is 5. The average molecular weight is 785 g/mol. The zero-order chi connectivity index (χ0) is 39.8. The molecule has 2 aromatic carbocycles. The Hall–Kier alpha value is -5.58. The summed E-state index contributed by atoms with van der Waals surface area (Å²) in [7, 11) is 0. The normalized spacial score (nSPS) is 21.0. The van der Waals surface area contributed by atoms with E-state index in [1.807, 2.05) is 17.0 Å². The van der Waals surface area contributed by atoms with E-state index < -0.39 is 41.4 Å². The fourth-order valence-corrected chi connectivity index (χ4v) is 8.78. The molecule has 17 heteroatoms. The van der Waals surface area contributed by atoms with Gasteiger partial charge in [0.15, 0.2) is 5.69 Å². The Morgan fingerprint density at radius 3 is 2.12 bits per heavy atom. The van der Waals surface area contributed by atoms with Crippen LogP contribution in [0.1, 0.15) is 87.4 Å². The number of nitrogens with zero attached hydrogens (tertiary/aromatic N) is 8. The van der Waals surface area contributed by atoms with Crippen LogP contribution in [-0.4, -0.2) is 119 Å². The van der Waals surface area contributed by atoms with Crippen LogP contribution in [-0.2, 0) is 22.4 Å². The molecule has 0 saturated carbocycles. The van der Waals surface area contributed by atoms with Gasteiger partial charge in [0.1, 0.15) is 17.7 Å².